The fourth-order valence-corrected chi connectivity index (χ4v) is 1.51. The van der Waals surface area contributed by atoms with Crippen LogP contribution in [-0.2, 0) is 0 Å². The van der Waals surface area contributed by atoms with E-state index in [0.29, 0.717) is 0 Å². The van der Waals surface area contributed by atoms with Crippen LogP contribution in [0, 0.1) is 12.3 Å². The van der Waals surface area contributed by atoms with Gasteiger partial charge in [-0.25, -0.2) is 0 Å². The van der Waals surface area contributed by atoms with Gasteiger partial charge in [0.05, 0.1) is 6.61 Å². The molecule has 16 heavy (non-hydrogen) atoms. The van der Waals surface area contributed by atoms with Gasteiger partial charge in [0.2, 0.25) is 0 Å². The molecule has 0 fully saturated rings. The van der Waals surface area contributed by atoms with Gasteiger partial charge in [0.25, 0.3) is 0 Å². The van der Waals surface area contributed by atoms with E-state index in [1.807, 2.05) is 18.2 Å². The maximum absolute atomic E-state index is 5.86. The molecule has 0 spiro atoms. The summed E-state index contributed by atoms with van der Waals surface area (Å²) >= 11 is 0. The lowest BCUT2D eigenvalue weighted by Gasteiger charge is -2.25. The molecule has 90 valence electrons. The minimum atomic E-state index is 0.165. The Morgan fingerprint density at radius 3 is 2.56 bits per heavy atom. The molecule has 0 aliphatic carbocycles. The molecule has 2 heteroatoms. The van der Waals surface area contributed by atoms with Crippen molar-refractivity contribution in [2.24, 2.45) is 5.41 Å². The molecular formula is C14H23NO. The number of para-hydroxylation sites is 1. The van der Waals surface area contributed by atoms with Gasteiger partial charge in [-0.15, -0.1) is 0 Å². The normalized spacial score (nSPS) is 11.5. The van der Waals surface area contributed by atoms with Gasteiger partial charge < -0.3 is 10.1 Å². The smallest absolute Gasteiger partial charge is 0.122 e. The second kappa shape index (κ2) is 5.90. The van der Waals surface area contributed by atoms with E-state index in [1.165, 1.54) is 5.56 Å². The second-order valence-electron chi connectivity index (χ2n) is 5.00. The monoisotopic (exact) mass is 221 g/mol. The van der Waals surface area contributed by atoms with E-state index in [1.54, 1.807) is 0 Å². The van der Waals surface area contributed by atoms with Crippen LogP contribution in [0.2, 0.25) is 0 Å². The van der Waals surface area contributed by atoms with Gasteiger partial charge in [0.1, 0.15) is 5.75 Å². The Morgan fingerprint density at radius 1 is 1.25 bits per heavy atom. The predicted octanol–water partition coefficient (Wildman–Crippen LogP) is 3.01. The molecule has 0 radical (unpaired) electrons. The maximum atomic E-state index is 5.86. The first-order valence-electron chi connectivity index (χ1n) is 5.94. The second-order valence-corrected chi connectivity index (χ2v) is 5.00. The van der Waals surface area contributed by atoms with Gasteiger partial charge in [-0.3, -0.25) is 0 Å². The molecule has 0 saturated heterocycles. The SMILES string of the molecule is CCNCC(C)(C)COc1ccccc1C. The molecule has 0 heterocycles. The molecule has 1 N–H and O–H groups in total. The summed E-state index contributed by atoms with van der Waals surface area (Å²) in [6.07, 6.45) is 0. The zero-order valence-electron chi connectivity index (χ0n) is 10.8. The number of hydrogen-bond donors (Lipinski definition) is 1. The highest BCUT2D eigenvalue weighted by Crippen LogP contribution is 2.20. The van der Waals surface area contributed by atoms with E-state index in [0.717, 1.165) is 25.4 Å². The zero-order valence-corrected chi connectivity index (χ0v) is 10.8. The number of hydrogen-bond acceptors (Lipinski definition) is 2. The minimum absolute atomic E-state index is 0.165. The van der Waals surface area contributed by atoms with Crippen LogP contribution in [-0.4, -0.2) is 19.7 Å². The van der Waals surface area contributed by atoms with Gasteiger partial charge in [0, 0.05) is 12.0 Å². The number of aryl methyl sites for hydroxylation is 1. The summed E-state index contributed by atoms with van der Waals surface area (Å²) in [5.74, 6) is 0.993. The topological polar surface area (TPSA) is 21.3 Å². The highest BCUT2D eigenvalue weighted by atomic mass is 16.5. The van der Waals surface area contributed by atoms with E-state index >= 15 is 0 Å². The lowest BCUT2D eigenvalue weighted by atomic mass is 9.95. The molecule has 1 aromatic rings. The Labute approximate surface area is 99.0 Å². The van der Waals surface area contributed by atoms with Crippen LogP contribution in [0.15, 0.2) is 24.3 Å². The van der Waals surface area contributed by atoms with Gasteiger partial charge in [0.15, 0.2) is 0 Å². The molecule has 0 saturated carbocycles. The summed E-state index contributed by atoms with van der Waals surface area (Å²) in [6.45, 7) is 11.4. The standard InChI is InChI=1S/C14H23NO/c1-5-15-10-14(3,4)11-16-13-9-7-6-8-12(13)2/h6-9,15H,5,10-11H2,1-4H3. The van der Waals surface area contributed by atoms with Crippen LogP contribution in [0.5, 0.6) is 5.75 Å². The summed E-state index contributed by atoms with van der Waals surface area (Å²) in [7, 11) is 0. The summed E-state index contributed by atoms with van der Waals surface area (Å²) in [5.41, 5.74) is 1.36. The van der Waals surface area contributed by atoms with Crippen molar-refractivity contribution in [1.29, 1.82) is 0 Å². The Bertz CT molecular complexity index is 320. The molecule has 0 amide bonds. The number of ether oxygens (including phenoxy) is 1. The Hall–Kier alpha value is -1.02. The highest BCUT2D eigenvalue weighted by Gasteiger charge is 2.18. The molecular weight excluding hydrogens is 198 g/mol. The predicted molar refractivity (Wildman–Crippen MR) is 69.0 cm³/mol. The largest absolute Gasteiger partial charge is 0.493 e. The van der Waals surface area contributed by atoms with Gasteiger partial charge in [-0.2, -0.15) is 0 Å². The average molecular weight is 221 g/mol. The number of benzene rings is 1. The van der Waals surface area contributed by atoms with Crippen molar-refractivity contribution < 1.29 is 4.74 Å². The van der Waals surface area contributed by atoms with Crippen molar-refractivity contribution in [3.05, 3.63) is 29.8 Å². The molecule has 0 aliphatic heterocycles. The molecule has 0 unspecified atom stereocenters. The van der Waals surface area contributed by atoms with Crippen LogP contribution in [0.1, 0.15) is 26.3 Å². The van der Waals surface area contributed by atoms with Crippen molar-refractivity contribution >= 4 is 0 Å². The van der Waals surface area contributed by atoms with E-state index in [9.17, 15) is 0 Å². The average Bonchev–Trinajstić information content (AvgIpc) is 2.26. The van der Waals surface area contributed by atoms with E-state index < -0.39 is 0 Å². The highest BCUT2D eigenvalue weighted by molar-refractivity contribution is 5.31. The third kappa shape index (κ3) is 4.23. The molecule has 1 aromatic carbocycles. The van der Waals surface area contributed by atoms with Crippen LogP contribution in [0.4, 0.5) is 0 Å². The van der Waals surface area contributed by atoms with Crippen LogP contribution in [0.3, 0.4) is 0 Å². The van der Waals surface area contributed by atoms with Crippen LogP contribution < -0.4 is 10.1 Å². The fourth-order valence-electron chi connectivity index (χ4n) is 1.51. The Kier molecular flexibility index (Phi) is 4.81. The third-order valence-corrected chi connectivity index (χ3v) is 2.57. The fraction of sp³-hybridized carbons (Fsp3) is 0.571. The first-order valence-corrected chi connectivity index (χ1v) is 5.94. The van der Waals surface area contributed by atoms with Gasteiger partial charge in [-0.1, -0.05) is 39.0 Å². The van der Waals surface area contributed by atoms with Crippen LogP contribution in [0.25, 0.3) is 0 Å². The van der Waals surface area contributed by atoms with Gasteiger partial charge in [-0.05, 0) is 25.1 Å². The van der Waals surface area contributed by atoms with Crippen molar-refractivity contribution in [1.82, 2.24) is 5.32 Å². The first-order chi connectivity index (χ1) is 7.55. The van der Waals surface area contributed by atoms with E-state index in [4.69, 9.17) is 4.74 Å². The van der Waals surface area contributed by atoms with E-state index in [2.05, 4.69) is 39.1 Å². The molecule has 2 nitrogen and oxygen atoms in total. The van der Waals surface area contributed by atoms with Gasteiger partial charge >= 0.3 is 0 Å². The van der Waals surface area contributed by atoms with Crippen molar-refractivity contribution in [3.63, 3.8) is 0 Å². The van der Waals surface area contributed by atoms with Crippen molar-refractivity contribution in [2.75, 3.05) is 19.7 Å². The molecule has 0 aromatic heterocycles. The Morgan fingerprint density at radius 2 is 1.94 bits per heavy atom. The lowest BCUT2D eigenvalue weighted by molar-refractivity contribution is 0.176. The molecule has 1 rings (SSSR count). The summed E-state index contributed by atoms with van der Waals surface area (Å²) in [4.78, 5) is 0. The Balaban J connectivity index is 2.47. The summed E-state index contributed by atoms with van der Waals surface area (Å²) < 4.78 is 5.86. The van der Waals surface area contributed by atoms with Crippen molar-refractivity contribution in [2.45, 2.75) is 27.7 Å². The molecule has 0 bridgehead atoms. The number of nitrogens with one attached hydrogen (secondary N) is 1. The molecule has 0 atom stereocenters. The summed E-state index contributed by atoms with van der Waals surface area (Å²) in [6, 6.07) is 8.15. The van der Waals surface area contributed by atoms with Crippen molar-refractivity contribution in [3.8, 4) is 5.75 Å². The quantitative estimate of drug-likeness (QED) is 0.797. The maximum Gasteiger partial charge on any atom is 0.122 e. The number of rotatable bonds is 6. The zero-order chi connectivity index (χ0) is 12.0. The van der Waals surface area contributed by atoms with Crippen LogP contribution >= 0.6 is 0 Å². The molecule has 0 aliphatic rings. The lowest BCUT2D eigenvalue weighted by Crippen LogP contribution is -2.34. The third-order valence-electron chi connectivity index (χ3n) is 2.57. The summed E-state index contributed by atoms with van der Waals surface area (Å²) in [5, 5.41) is 3.36. The van der Waals surface area contributed by atoms with E-state index in [-0.39, 0.29) is 5.41 Å². The minimum Gasteiger partial charge on any atom is -0.493 e. The first kappa shape index (κ1) is 13.0.